The molecule has 0 aromatic carbocycles. The van der Waals surface area contributed by atoms with Crippen LogP contribution in [0.15, 0.2) is 0 Å². The van der Waals surface area contributed by atoms with Gasteiger partial charge in [-0.1, -0.05) is 0 Å². The van der Waals surface area contributed by atoms with Crippen LogP contribution in [0.25, 0.3) is 0 Å². The van der Waals surface area contributed by atoms with Gasteiger partial charge < -0.3 is 0 Å². The van der Waals surface area contributed by atoms with E-state index in [2.05, 4.69) is 11.2 Å². The number of Topliss-reactive ketones (excluding diaryl/α,β-unsaturated/α-hetero) is 1. The number of hydrogen-bond acceptors (Lipinski definition) is 3. The molecular formula is C9H15NOS. The number of nitrogens with zero attached hydrogens (tertiary/aromatic N) is 1. The zero-order valence-electron chi connectivity index (χ0n) is 7.51. The van der Waals surface area contributed by atoms with E-state index in [1.54, 1.807) is 0 Å². The van der Waals surface area contributed by atoms with E-state index in [1.165, 1.54) is 12.8 Å². The third kappa shape index (κ3) is 1.67. The van der Waals surface area contributed by atoms with Crippen LogP contribution >= 0.6 is 11.8 Å². The highest BCUT2D eigenvalue weighted by Crippen LogP contribution is 2.47. The van der Waals surface area contributed by atoms with Crippen LogP contribution in [-0.2, 0) is 4.79 Å². The summed E-state index contributed by atoms with van der Waals surface area (Å²) in [5, 5.41) is 0. The molecule has 0 aromatic rings. The number of ketones is 1. The number of likely N-dealkylation sites (tertiary alicyclic amines) is 1. The minimum absolute atomic E-state index is 0.423. The van der Waals surface area contributed by atoms with Gasteiger partial charge >= 0.3 is 0 Å². The average Bonchev–Trinajstić information content (AvgIpc) is 2.71. The molecule has 2 aliphatic rings. The van der Waals surface area contributed by atoms with Gasteiger partial charge in [0.15, 0.2) is 0 Å². The van der Waals surface area contributed by atoms with Crippen molar-refractivity contribution in [3.63, 3.8) is 0 Å². The van der Waals surface area contributed by atoms with Crippen molar-refractivity contribution < 1.29 is 4.79 Å². The lowest BCUT2D eigenvalue weighted by atomic mass is 10.4. The van der Waals surface area contributed by atoms with Crippen LogP contribution in [0.1, 0.15) is 19.3 Å². The average molecular weight is 185 g/mol. The van der Waals surface area contributed by atoms with Gasteiger partial charge in [-0.3, -0.25) is 9.69 Å². The molecule has 2 fully saturated rings. The Bertz CT molecular complexity index is 201. The quantitative estimate of drug-likeness (QED) is 0.658. The van der Waals surface area contributed by atoms with Crippen molar-refractivity contribution in [3.8, 4) is 0 Å². The number of rotatable bonds is 3. The zero-order chi connectivity index (χ0) is 8.60. The molecule has 0 radical (unpaired) electrons. The first-order valence-electron chi connectivity index (χ1n) is 4.53. The summed E-state index contributed by atoms with van der Waals surface area (Å²) in [6.07, 6.45) is 5.66. The molecule has 2 rings (SSSR count). The van der Waals surface area contributed by atoms with E-state index < -0.39 is 0 Å². The normalized spacial score (nSPS) is 27.9. The van der Waals surface area contributed by atoms with Gasteiger partial charge in [0.05, 0.1) is 6.54 Å². The molecule has 68 valence electrons. The molecule has 0 amide bonds. The van der Waals surface area contributed by atoms with Gasteiger partial charge in [-0.05, 0) is 19.1 Å². The maximum atomic E-state index is 11.0. The largest absolute Gasteiger partial charge is 0.298 e. The number of thioether (sulfide) groups is 1. The lowest BCUT2D eigenvalue weighted by Crippen LogP contribution is -2.30. The molecule has 1 saturated carbocycles. The lowest BCUT2D eigenvalue weighted by Gasteiger charge is -2.20. The first-order chi connectivity index (χ1) is 5.74. The smallest absolute Gasteiger partial charge is 0.148 e. The molecule has 0 unspecified atom stereocenters. The van der Waals surface area contributed by atoms with E-state index >= 15 is 0 Å². The first-order valence-corrected chi connectivity index (χ1v) is 5.76. The number of carbonyl (C=O) groups excluding carboxylic acids is 1. The Morgan fingerprint density at radius 2 is 2.33 bits per heavy atom. The van der Waals surface area contributed by atoms with Crippen molar-refractivity contribution >= 4 is 17.5 Å². The van der Waals surface area contributed by atoms with Gasteiger partial charge in [-0.25, -0.2) is 0 Å². The lowest BCUT2D eigenvalue weighted by molar-refractivity contribution is -0.116. The van der Waals surface area contributed by atoms with Crippen molar-refractivity contribution in [2.24, 2.45) is 0 Å². The van der Waals surface area contributed by atoms with Gasteiger partial charge in [-0.2, -0.15) is 11.8 Å². The number of carbonyl (C=O) groups is 1. The zero-order valence-corrected chi connectivity index (χ0v) is 8.32. The van der Waals surface area contributed by atoms with Gasteiger partial charge in [-0.15, -0.1) is 0 Å². The SMILES string of the molecule is CSC1(CN2CCC(=O)C2)CC1. The van der Waals surface area contributed by atoms with E-state index in [0.717, 1.165) is 19.5 Å². The van der Waals surface area contributed by atoms with Crippen molar-refractivity contribution in [3.05, 3.63) is 0 Å². The molecule has 0 bridgehead atoms. The van der Waals surface area contributed by atoms with Crippen LogP contribution in [0.4, 0.5) is 0 Å². The summed E-state index contributed by atoms with van der Waals surface area (Å²) in [6, 6.07) is 0. The molecule has 2 nitrogen and oxygen atoms in total. The van der Waals surface area contributed by atoms with E-state index in [-0.39, 0.29) is 0 Å². The third-order valence-corrected chi connectivity index (χ3v) is 4.26. The highest BCUT2D eigenvalue weighted by molar-refractivity contribution is 8.00. The van der Waals surface area contributed by atoms with Crippen LogP contribution in [-0.4, -0.2) is 41.3 Å². The summed E-state index contributed by atoms with van der Waals surface area (Å²) in [7, 11) is 0. The summed E-state index contributed by atoms with van der Waals surface area (Å²) in [4.78, 5) is 13.3. The van der Waals surface area contributed by atoms with E-state index in [9.17, 15) is 4.79 Å². The minimum Gasteiger partial charge on any atom is -0.298 e. The minimum atomic E-state index is 0.423. The maximum absolute atomic E-state index is 11.0. The molecule has 1 aliphatic carbocycles. The van der Waals surface area contributed by atoms with Crippen LogP contribution in [0, 0.1) is 0 Å². The predicted molar refractivity (Wildman–Crippen MR) is 51.5 cm³/mol. The monoisotopic (exact) mass is 185 g/mol. The van der Waals surface area contributed by atoms with Gasteiger partial charge in [0.25, 0.3) is 0 Å². The Morgan fingerprint density at radius 1 is 1.58 bits per heavy atom. The molecule has 0 aromatic heterocycles. The Labute approximate surface area is 77.7 Å². The molecule has 12 heavy (non-hydrogen) atoms. The molecule has 0 atom stereocenters. The molecular weight excluding hydrogens is 170 g/mol. The highest BCUT2D eigenvalue weighted by atomic mass is 32.2. The third-order valence-electron chi connectivity index (χ3n) is 2.86. The van der Waals surface area contributed by atoms with Gasteiger partial charge in [0, 0.05) is 24.3 Å². The summed E-state index contributed by atoms with van der Waals surface area (Å²) in [5.41, 5.74) is 0. The molecule has 1 aliphatic heterocycles. The fraction of sp³-hybridized carbons (Fsp3) is 0.889. The standard InChI is InChI=1S/C9H15NOS/c1-12-9(3-4-9)7-10-5-2-8(11)6-10/h2-7H2,1H3. The van der Waals surface area contributed by atoms with Crippen molar-refractivity contribution in [2.45, 2.75) is 24.0 Å². The predicted octanol–water partition coefficient (Wildman–Crippen LogP) is 1.16. The van der Waals surface area contributed by atoms with E-state index in [0.29, 0.717) is 17.1 Å². The second kappa shape index (κ2) is 3.04. The van der Waals surface area contributed by atoms with Crippen molar-refractivity contribution in [1.82, 2.24) is 4.90 Å². The van der Waals surface area contributed by atoms with Gasteiger partial charge in [0.2, 0.25) is 0 Å². The Hall–Kier alpha value is -0.0200. The summed E-state index contributed by atoms with van der Waals surface area (Å²) in [6.45, 7) is 2.85. The van der Waals surface area contributed by atoms with Crippen LogP contribution in [0.5, 0.6) is 0 Å². The van der Waals surface area contributed by atoms with E-state index in [4.69, 9.17) is 0 Å². The van der Waals surface area contributed by atoms with Crippen molar-refractivity contribution in [1.29, 1.82) is 0 Å². The maximum Gasteiger partial charge on any atom is 0.148 e. The molecule has 1 heterocycles. The Morgan fingerprint density at radius 3 is 2.75 bits per heavy atom. The molecule has 3 heteroatoms. The van der Waals surface area contributed by atoms with Crippen LogP contribution in [0.2, 0.25) is 0 Å². The summed E-state index contributed by atoms with van der Waals surface area (Å²) in [5.74, 6) is 0.423. The fourth-order valence-electron chi connectivity index (χ4n) is 1.80. The van der Waals surface area contributed by atoms with Crippen molar-refractivity contribution in [2.75, 3.05) is 25.9 Å². The molecule has 0 spiro atoms. The number of hydrogen-bond donors (Lipinski definition) is 0. The summed E-state index contributed by atoms with van der Waals surface area (Å²) >= 11 is 1.97. The summed E-state index contributed by atoms with van der Waals surface area (Å²) < 4.78 is 0.532. The van der Waals surface area contributed by atoms with E-state index in [1.807, 2.05) is 11.8 Å². The fourth-order valence-corrected chi connectivity index (χ4v) is 2.62. The second-order valence-corrected chi connectivity index (χ2v) is 5.16. The molecule has 1 saturated heterocycles. The van der Waals surface area contributed by atoms with Crippen LogP contribution in [0.3, 0.4) is 0 Å². The molecule has 0 N–H and O–H groups in total. The Kier molecular flexibility index (Phi) is 2.17. The second-order valence-electron chi connectivity index (χ2n) is 3.89. The Balaban J connectivity index is 1.83. The highest BCUT2D eigenvalue weighted by Gasteiger charge is 2.43. The van der Waals surface area contributed by atoms with Gasteiger partial charge in [0.1, 0.15) is 5.78 Å². The topological polar surface area (TPSA) is 20.3 Å². The first kappa shape index (κ1) is 8.57. The van der Waals surface area contributed by atoms with Crippen LogP contribution < -0.4 is 0 Å².